The van der Waals surface area contributed by atoms with E-state index in [1.165, 1.54) is 48.7 Å². The molecule has 0 aliphatic rings. The van der Waals surface area contributed by atoms with Gasteiger partial charge in [0.15, 0.2) is 28.7 Å². The Morgan fingerprint density at radius 3 is 2.62 bits per heavy atom. The van der Waals surface area contributed by atoms with Crippen molar-refractivity contribution in [1.29, 1.82) is 0 Å². The molecule has 0 radical (unpaired) electrons. The average Bonchev–Trinajstić information content (AvgIpc) is 3.20. The molecule has 4 aromatic heterocycles. The summed E-state index contributed by atoms with van der Waals surface area (Å²) in [5.74, 6) is -0.358. The van der Waals surface area contributed by atoms with E-state index in [2.05, 4.69) is 25.4 Å². The van der Waals surface area contributed by atoms with E-state index < -0.39 is 23.1 Å². The number of anilines is 3. The Kier molecular flexibility index (Phi) is 7.80. The molecule has 0 aromatic carbocycles. The van der Waals surface area contributed by atoms with Crippen LogP contribution in [0.25, 0.3) is 16.9 Å². The van der Waals surface area contributed by atoms with Crippen LogP contribution in [-0.4, -0.2) is 55.0 Å². The van der Waals surface area contributed by atoms with Gasteiger partial charge in [0.05, 0.1) is 5.69 Å². The van der Waals surface area contributed by atoms with E-state index in [-0.39, 0.29) is 23.9 Å². The maximum absolute atomic E-state index is 14.2. The molecule has 0 fully saturated rings. The predicted octanol–water partition coefficient (Wildman–Crippen LogP) is 3.43. The van der Waals surface area contributed by atoms with Crippen LogP contribution in [0.2, 0.25) is 0 Å². The van der Waals surface area contributed by atoms with E-state index in [9.17, 15) is 14.0 Å². The number of amides is 1. The second-order valence-corrected chi connectivity index (χ2v) is 8.49. The van der Waals surface area contributed by atoms with Crippen molar-refractivity contribution in [3.05, 3.63) is 58.7 Å². The molecule has 13 nitrogen and oxygen atoms in total. The van der Waals surface area contributed by atoms with Crippen molar-refractivity contribution in [2.75, 3.05) is 17.3 Å². The summed E-state index contributed by atoms with van der Waals surface area (Å²) in [7, 11) is 1.52. The molecule has 4 heterocycles. The standard InChI is InChI=1S/C22H22FN7O4.CH2O2/c1-12-16-17(28-34-12)14(29(5)21(32)33-22(2,3)4)11-15(26-16)27-18-20(31)30(10-9-24-18)19-13(23)7-6-8-25-19;2-1-3/h6-11H,1-5H3,(H,24,26,27);1H,(H,2,3). The second-order valence-electron chi connectivity index (χ2n) is 8.49. The van der Waals surface area contributed by atoms with Crippen LogP contribution in [-0.2, 0) is 9.53 Å². The Morgan fingerprint density at radius 2 is 1.97 bits per heavy atom. The lowest BCUT2D eigenvalue weighted by atomic mass is 10.2. The highest BCUT2D eigenvalue weighted by Gasteiger charge is 2.25. The summed E-state index contributed by atoms with van der Waals surface area (Å²) in [5, 5.41) is 13.7. The fourth-order valence-corrected chi connectivity index (χ4v) is 3.11. The molecule has 0 aliphatic heterocycles. The van der Waals surface area contributed by atoms with Gasteiger partial charge >= 0.3 is 6.09 Å². The molecule has 0 spiro atoms. The van der Waals surface area contributed by atoms with Gasteiger partial charge in [0, 0.05) is 31.7 Å². The summed E-state index contributed by atoms with van der Waals surface area (Å²) in [6, 6.07) is 4.13. The zero-order chi connectivity index (χ0) is 27.3. The van der Waals surface area contributed by atoms with Crippen molar-refractivity contribution < 1.29 is 28.3 Å². The van der Waals surface area contributed by atoms with Gasteiger partial charge in [0.2, 0.25) is 0 Å². The van der Waals surface area contributed by atoms with Crippen molar-refractivity contribution in [3.63, 3.8) is 0 Å². The highest BCUT2D eigenvalue weighted by molar-refractivity contribution is 5.99. The third-order valence-corrected chi connectivity index (χ3v) is 4.66. The predicted molar refractivity (Wildman–Crippen MR) is 131 cm³/mol. The maximum atomic E-state index is 14.2. The van der Waals surface area contributed by atoms with Crippen LogP contribution in [0.5, 0.6) is 0 Å². The number of hydrogen-bond acceptors (Lipinski definition) is 10. The summed E-state index contributed by atoms with van der Waals surface area (Å²) >= 11 is 0. The van der Waals surface area contributed by atoms with Gasteiger partial charge in [-0.25, -0.2) is 24.1 Å². The van der Waals surface area contributed by atoms with Gasteiger partial charge in [0.25, 0.3) is 12.0 Å². The molecule has 0 unspecified atom stereocenters. The van der Waals surface area contributed by atoms with Crippen LogP contribution in [0.4, 0.5) is 26.5 Å². The van der Waals surface area contributed by atoms with E-state index in [4.69, 9.17) is 19.2 Å². The molecular formula is C23H24FN7O6. The minimum Gasteiger partial charge on any atom is -0.483 e. The van der Waals surface area contributed by atoms with Gasteiger partial charge in [-0.15, -0.1) is 0 Å². The van der Waals surface area contributed by atoms with Crippen molar-refractivity contribution in [2.45, 2.75) is 33.3 Å². The largest absolute Gasteiger partial charge is 0.483 e. The number of aryl methyl sites for hydroxylation is 1. The molecule has 14 heteroatoms. The highest BCUT2D eigenvalue weighted by atomic mass is 19.1. The van der Waals surface area contributed by atoms with E-state index in [0.717, 1.165) is 4.57 Å². The molecule has 0 aliphatic carbocycles. The Hall–Kier alpha value is -4.88. The van der Waals surface area contributed by atoms with Crippen LogP contribution in [0, 0.1) is 12.7 Å². The van der Waals surface area contributed by atoms with Crippen molar-refractivity contribution in [2.24, 2.45) is 0 Å². The Labute approximate surface area is 209 Å². The van der Waals surface area contributed by atoms with Crippen LogP contribution in [0.3, 0.4) is 0 Å². The number of ether oxygens (including phenoxy) is 1. The molecule has 4 rings (SSSR count). The number of nitrogens with one attached hydrogen (secondary N) is 1. The third kappa shape index (κ3) is 6.04. The molecule has 0 saturated heterocycles. The molecule has 37 heavy (non-hydrogen) atoms. The number of fused-ring (bicyclic) bond motifs is 1. The molecule has 4 aromatic rings. The molecule has 0 atom stereocenters. The van der Waals surface area contributed by atoms with Crippen LogP contribution >= 0.6 is 0 Å². The fraction of sp³-hybridized carbons (Fsp3) is 0.261. The first kappa shape index (κ1) is 26.7. The number of nitrogens with zero attached hydrogens (tertiary/aromatic N) is 6. The highest BCUT2D eigenvalue weighted by Crippen LogP contribution is 2.30. The molecule has 2 N–H and O–H groups in total. The average molecular weight is 513 g/mol. The second kappa shape index (κ2) is 10.8. The van der Waals surface area contributed by atoms with Crippen LogP contribution in [0.1, 0.15) is 26.5 Å². The first-order valence-electron chi connectivity index (χ1n) is 10.7. The Morgan fingerprint density at radius 1 is 1.27 bits per heavy atom. The van der Waals surface area contributed by atoms with Gasteiger partial charge in [-0.05, 0) is 39.8 Å². The summed E-state index contributed by atoms with van der Waals surface area (Å²) in [4.78, 5) is 47.7. The number of hydrogen-bond donors (Lipinski definition) is 2. The number of carboxylic acid groups (broad SMARTS) is 1. The number of carbonyl (C=O) groups excluding carboxylic acids is 1. The third-order valence-electron chi connectivity index (χ3n) is 4.66. The van der Waals surface area contributed by atoms with E-state index >= 15 is 0 Å². The Balaban J connectivity index is 0.00000121. The number of rotatable bonds is 4. The quantitative estimate of drug-likeness (QED) is 0.384. The molecule has 1 amide bonds. The first-order chi connectivity index (χ1) is 17.5. The van der Waals surface area contributed by atoms with E-state index in [0.29, 0.717) is 22.5 Å². The lowest BCUT2D eigenvalue weighted by Crippen LogP contribution is -2.34. The summed E-state index contributed by atoms with van der Waals surface area (Å²) < 4.78 is 25.9. The monoisotopic (exact) mass is 513 g/mol. The van der Waals surface area contributed by atoms with Gasteiger partial charge in [0.1, 0.15) is 16.9 Å². The number of carbonyl (C=O) groups is 2. The van der Waals surface area contributed by atoms with Gasteiger partial charge in [-0.3, -0.25) is 19.1 Å². The van der Waals surface area contributed by atoms with E-state index in [1.54, 1.807) is 27.7 Å². The topological polar surface area (TPSA) is 166 Å². The summed E-state index contributed by atoms with van der Waals surface area (Å²) in [6.45, 7) is 6.68. The van der Waals surface area contributed by atoms with Crippen molar-refractivity contribution >= 4 is 40.9 Å². The maximum Gasteiger partial charge on any atom is 0.414 e. The zero-order valence-corrected chi connectivity index (χ0v) is 20.6. The van der Waals surface area contributed by atoms with Crippen molar-refractivity contribution in [1.82, 2.24) is 24.7 Å². The minimum atomic E-state index is -0.710. The molecule has 0 bridgehead atoms. The minimum absolute atomic E-state index is 0.126. The smallest absolute Gasteiger partial charge is 0.414 e. The normalized spacial score (nSPS) is 10.9. The lowest BCUT2D eigenvalue weighted by molar-refractivity contribution is -0.122. The number of aromatic nitrogens is 5. The number of pyridine rings is 2. The van der Waals surface area contributed by atoms with Crippen LogP contribution < -0.4 is 15.8 Å². The number of halogens is 1. The van der Waals surface area contributed by atoms with Gasteiger partial charge in [-0.2, -0.15) is 0 Å². The SMILES string of the molecule is Cc1onc2c(N(C)C(=O)OC(C)(C)C)cc(Nc3nccn(-c4ncccc4F)c3=O)nc12.O=CO. The first-order valence-corrected chi connectivity index (χ1v) is 10.7. The fourth-order valence-electron chi connectivity index (χ4n) is 3.11. The van der Waals surface area contributed by atoms with Crippen molar-refractivity contribution in [3.8, 4) is 5.82 Å². The van der Waals surface area contributed by atoms with Gasteiger partial charge < -0.3 is 19.7 Å². The van der Waals surface area contributed by atoms with Crippen LogP contribution in [0.15, 0.2) is 46.1 Å². The summed E-state index contributed by atoms with van der Waals surface area (Å²) in [6.07, 6.45) is 3.40. The molecule has 0 saturated carbocycles. The molecule has 194 valence electrons. The lowest BCUT2D eigenvalue weighted by Gasteiger charge is -2.24. The summed E-state index contributed by atoms with van der Waals surface area (Å²) in [5.41, 5.74) is -0.303. The molecular weight excluding hydrogens is 489 g/mol. The zero-order valence-electron chi connectivity index (χ0n) is 20.6. The Bertz CT molecular complexity index is 1500. The van der Waals surface area contributed by atoms with Gasteiger partial charge in [-0.1, -0.05) is 5.16 Å². The van der Waals surface area contributed by atoms with E-state index in [1.807, 2.05) is 0 Å².